The summed E-state index contributed by atoms with van der Waals surface area (Å²) in [4.78, 5) is 2.52. The van der Waals surface area contributed by atoms with Crippen molar-refractivity contribution < 1.29 is 0 Å². The van der Waals surface area contributed by atoms with Crippen molar-refractivity contribution in [3.8, 4) is 33.4 Å². The summed E-state index contributed by atoms with van der Waals surface area (Å²) < 4.78 is 0. The minimum absolute atomic E-state index is 0.0617. The molecule has 2 heteroatoms. The zero-order chi connectivity index (χ0) is 35.6. The number of para-hydroxylation sites is 2. The molecule has 0 unspecified atom stereocenters. The van der Waals surface area contributed by atoms with Crippen LogP contribution in [0, 0.1) is 0 Å². The molecule has 0 bridgehead atoms. The molecule has 0 aliphatic carbocycles. The number of hydrogen-bond acceptors (Lipinski definition) is 1. The minimum atomic E-state index is -0.0617. The van der Waals surface area contributed by atoms with E-state index in [1.165, 1.54) is 93.5 Å². The van der Waals surface area contributed by atoms with E-state index in [0.717, 1.165) is 5.69 Å². The van der Waals surface area contributed by atoms with Gasteiger partial charge in [-0.25, -0.2) is 0 Å². The third-order valence-electron chi connectivity index (χ3n) is 11.4. The monoisotopic (exact) mass is 683 g/mol. The van der Waals surface area contributed by atoms with Gasteiger partial charge in [0.05, 0.1) is 0 Å². The summed E-state index contributed by atoms with van der Waals surface area (Å²) in [5, 5.41) is 7.76. The van der Waals surface area contributed by atoms with E-state index >= 15 is 0 Å². The molecular weight excluding hydrogens is 649 g/mol. The van der Waals surface area contributed by atoms with Gasteiger partial charge in [0, 0.05) is 22.4 Å². The third-order valence-corrected chi connectivity index (χ3v) is 11.4. The molecule has 0 aromatic heterocycles. The summed E-state index contributed by atoms with van der Waals surface area (Å²) in [6, 6.07) is 76.2. The Morgan fingerprint density at radius 1 is 0.352 bits per heavy atom. The van der Waals surface area contributed by atoms with Crippen molar-refractivity contribution >= 4 is 72.5 Å². The molecule has 250 valence electrons. The van der Waals surface area contributed by atoms with Crippen LogP contribution in [-0.4, -0.2) is 6.71 Å². The van der Waals surface area contributed by atoms with E-state index in [1.807, 2.05) is 0 Å². The average molecular weight is 684 g/mol. The zero-order valence-electron chi connectivity index (χ0n) is 29.7. The standard InChI is InChI=1S/C52H34BN/c1-5-16-35(17-6-1)41-32-44(36-18-7-2-8-19-36)51(45(33-41)37-20-9-3-10-21-37)53-46-26-13-14-27-48(46)54(42-24-11-4-12-25-42)52-43-31-30-39-23-15-22-38-28-29-40(34-47(52)53)50(43)49(38)39/h1-34H. The van der Waals surface area contributed by atoms with Crippen LogP contribution in [0.15, 0.2) is 206 Å². The van der Waals surface area contributed by atoms with Gasteiger partial charge in [0.1, 0.15) is 0 Å². The molecule has 0 radical (unpaired) electrons. The smallest absolute Gasteiger partial charge is 0.248 e. The molecule has 10 aromatic rings. The van der Waals surface area contributed by atoms with E-state index in [9.17, 15) is 0 Å². The molecule has 1 nitrogen and oxygen atoms in total. The first-order valence-electron chi connectivity index (χ1n) is 18.8. The number of rotatable bonds is 5. The van der Waals surface area contributed by atoms with Crippen LogP contribution in [0.3, 0.4) is 0 Å². The van der Waals surface area contributed by atoms with Crippen LogP contribution >= 0.6 is 0 Å². The molecule has 0 fully saturated rings. The fraction of sp³-hybridized carbons (Fsp3) is 0. The molecule has 0 atom stereocenters. The van der Waals surface area contributed by atoms with E-state index in [2.05, 4.69) is 211 Å². The zero-order valence-corrected chi connectivity index (χ0v) is 29.7. The Bertz CT molecular complexity index is 2900. The SMILES string of the molecule is c1ccc(-c2cc(-c3ccccc3)c(B3c4ccccc4N(c4ccccc4)c4c3cc3ccc5cccc6ccc4c3c56)c(-c3ccccc3)c2)cc1. The molecule has 54 heavy (non-hydrogen) atoms. The van der Waals surface area contributed by atoms with Crippen LogP contribution in [0.2, 0.25) is 0 Å². The van der Waals surface area contributed by atoms with Gasteiger partial charge in [0.2, 0.25) is 6.71 Å². The molecule has 0 amide bonds. The van der Waals surface area contributed by atoms with E-state index in [4.69, 9.17) is 0 Å². The van der Waals surface area contributed by atoms with Gasteiger partial charge >= 0.3 is 0 Å². The van der Waals surface area contributed by atoms with E-state index in [1.54, 1.807) is 0 Å². The van der Waals surface area contributed by atoms with Gasteiger partial charge < -0.3 is 4.90 Å². The van der Waals surface area contributed by atoms with Gasteiger partial charge in [-0.15, -0.1) is 0 Å². The van der Waals surface area contributed by atoms with Gasteiger partial charge in [0.25, 0.3) is 0 Å². The lowest BCUT2D eigenvalue weighted by atomic mass is 9.33. The molecule has 1 aliphatic heterocycles. The summed E-state index contributed by atoms with van der Waals surface area (Å²) in [7, 11) is 0. The second-order valence-corrected chi connectivity index (χ2v) is 14.4. The Morgan fingerprint density at radius 2 is 0.889 bits per heavy atom. The third kappa shape index (κ3) is 4.74. The van der Waals surface area contributed by atoms with Crippen molar-refractivity contribution in [2.45, 2.75) is 0 Å². The summed E-state index contributed by atoms with van der Waals surface area (Å²) in [6.07, 6.45) is 0. The Labute approximate surface area is 315 Å². The van der Waals surface area contributed by atoms with Crippen molar-refractivity contribution in [3.63, 3.8) is 0 Å². The molecule has 11 rings (SSSR count). The molecule has 0 saturated heterocycles. The number of hydrogen-bond donors (Lipinski definition) is 0. The summed E-state index contributed by atoms with van der Waals surface area (Å²) in [6.45, 7) is -0.0617. The molecule has 0 saturated carbocycles. The van der Waals surface area contributed by atoms with Crippen LogP contribution in [0.5, 0.6) is 0 Å². The van der Waals surface area contributed by atoms with E-state index in [0.29, 0.717) is 0 Å². The summed E-state index contributed by atoms with van der Waals surface area (Å²) in [5.74, 6) is 0. The summed E-state index contributed by atoms with van der Waals surface area (Å²) >= 11 is 0. The van der Waals surface area contributed by atoms with Crippen LogP contribution < -0.4 is 21.3 Å². The Hall–Kier alpha value is -6.90. The van der Waals surface area contributed by atoms with Gasteiger partial charge in [0.15, 0.2) is 0 Å². The average Bonchev–Trinajstić information content (AvgIpc) is 3.25. The maximum Gasteiger partial charge on any atom is 0.248 e. The lowest BCUT2D eigenvalue weighted by Gasteiger charge is -2.39. The highest BCUT2D eigenvalue weighted by atomic mass is 15.2. The Kier molecular flexibility index (Phi) is 7.03. The molecule has 0 spiro atoms. The Balaban J connectivity index is 1.32. The highest BCUT2D eigenvalue weighted by Crippen LogP contribution is 2.45. The normalized spacial score (nSPS) is 12.4. The van der Waals surface area contributed by atoms with Crippen LogP contribution in [0.25, 0.3) is 65.7 Å². The fourth-order valence-corrected chi connectivity index (χ4v) is 9.14. The van der Waals surface area contributed by atoms with Gasteiger partial charge in [-0.2, -0.15) is 0 Å². The van der Waals surface area contributed by atoms with E-state index in [-0.39, 0.29) is 6.71 Å². The van der Waals surface area contributed by atoms with Crippen molar-refractivity contribution in [2.75, 3.05) is 4.90 Å². The topological polar surface area (TPSA) is 3.24 Å². The van der Waals surface area contributed by atoms with E-state index < -0.39 is 0 Å². The van der Waals surface area contributed by atoms with Gasteiger partial charge in [-0.05, 0) is 102 Å². The first kappa shape index (κ1) is 30.7. The first-order chi connectivity index (χ1) is 26.8. The lowest BCUT2D eigenvalue weighted by molar-refractivity contribution is 1.31. The van der Waals surface area contributed by atoms with Crippen molar-refractivity contribution in [1.82, 2.24) is 0 Å². The lowest BCUT2D eigenvalue weighted by Crippen LogP contribution is -2.58. The van der Waals surface area contributed by atoms with Crippen molar-refractivity contribution in [3.05, 3.63) is 206 Å². The number of nitrogens with zero attached hydrogens (tertiary/aromatic N) is 1. The molecule has 10 aromatic carbocycles. The summed E-state index contributed by atoms with van der Waals surface area (Å²) in [5.41, 5.74) is 14.9. The van der Waals surface area contributed by atoms with Crippen molar-refractivity contribution in [1.29, 1.82) is 0 Å². The van der Waals surface area contributed by atoms with Crippen LogP contribution in [-0.2, 0) is 0 Å². The predicted molar refractivity (Wildman–Crippen MR) is 232 cm³/mol. The van der Waals surface area contributed by atoms with Crippen molar-refractivity contribution in [2.24, 2.45) is 0 Å². The second kappa shape index (κ2) is 12.4. The Morgan fingerprint density at radius 3 is 1.54 bits per heavy atom. The molecular formula is C52H34BN. The first-order valence-corrected chi connectivity index (χ1v) is 18.8. The second-order valence-electron chi connectivity index (χ2n) is 14.4. The number of anilines is 3. The molecule has 1 aliphatic rings. The van der Waals surface area contributed by atoms with Crippen LogP contribution in [0.4, 0.5) is 17.1 Å². The quantitative estimate of drug-likeness (QED) is 0.129. The molecule has 0 N–H and O–H groups in total. The predicted octanol–water partition coefficient (Wildman–Crippen LogP) is 11.9. The van der Waals surface area contributed by atoms with Gasteiger partial charge in [-0.3, -0.25) is 0 Å². The minimum Gasteiger partial charge on any atom is -0.311 e. The highest BCUT2D eigenvalue weighted by Gasteiger charge is 2.39. The van der Waals surface area contributed by atoms with Crippen LogP contribution in [0.1, 0.15) is 0 Å². The maximum atomic E-state index is 2.52. The fourth-order valence-electron chi connectivity index (χ4n) is 9.14. The molecule has 1 heterocycles. The highest BCUT2D eigenvalue weighted by molar-refractivity contribution is 7.00. The number of fused-ring (bicyclic) bond motifs is 3. The number of benzene rings is 10. The largest absolute Gasteiger partial charge is 0.311 e. The van der Waals surface area contributed by atoms with Gasteiger partial charge in [-0.1, -0.05) is 181 Å². The maximum absolute atomic E-state index is 2.52.